The molecule has 0 spiro atoms. The molecule has 0 amide bonds. The Kier molecular flexibility index (Phi) is 7.63. The summed E-state index contributed by atoms with van der Waals surface area (Å²) in [5.41, 5.74) is 1.32. The lowest BCUT2D eigenvalue weighted by Gasteiger charge is -2.26. The van der Waals surface area contributed by atoms with Crippen molar-refractivity contribution >= 4 is 0 Å². The maximum Gasteiger partial charge on any atom is 0.119 e. The molecule has 0 bridgehead atoms. The van der Waals surface area contributed by atoms with Crippen molar-refractivity contribution in [2.45, 2.75) is 33.7 Å². The lowest BCUT2D eigenvalue weighted by Crippen LogP contribution is -2.34. The van der Waals surface area contributed by atoms with Crippen LogP contribution in [0.25, 0.3) is 0 Å². The molecule has 3 nitrogen and oxygen atoms in total. The van der Waals surface area contributed by atoms with E-state index in [4.69, 9.17) is 4.74 Å². The van der Waals surface area contributed by atoms with Gasteiger partial charge in [-0.2, -0.15) is 0 Å². The molecule has 1 atom stereocenters. The fraction of sp³-hybridized carbons (Fsp3) is 0.647. The Labute approximate surface area is 124 Å². The fourth-order valence-corrected chi connectivity index (χ4v) is 2.51. The average molecular weight is 278 g/mol. The second-order valence-corrected chi connectivity index (χ2v) is 5.73. The zero-order chi connectivity index (χ0) is 15.0. The van der Waals surface area contributed by atoms with Crippen molar-refractivity contribution in [2.75, 3.05) is 33.3 Å². The summed E-state index contributed by atoms with van der Waals surface area (Å²) in [4.78, 5) is 2.40. The highest BCUT2D eigenvalue weighted by atomic mass is 16.5. The molecule has 0 radical (unpaired) electrons. The summed E-state index contributed by atoms with van der Waals surface area (Å²) < 4.78 is 5.50. The monoisotopic (exact) mass is 278 g/mol. The average Bonchev–Trinajstić information content (AvgIpc) is 2.38. The molecule has 0 saturated carbocycles. The number of benzene rings is 1. The Morgan fingerprint density at radius 2 is 1.75 bits per heavy atom. The van der Waals surface area contributed by atoms with Gasteiger partial charge in [-0.3, -0.25) is 0 Å². The van der Waals surface area contributed by atoms with Gasteiger partial charge < -0.3 is 15.0 Å². The van der Waals surface area contributed by atoms with Gasteiger partial charge in [-0.15, -0.1) is 0 Å². The van der Waals surface area contributed by atoms with Gasteiger partial charge in [-0.1, -0.05) is 32.9 Å². The number of ether oxygens (including phenoxy) is 1. The van der Waals surface area contributed by atoms with Crippen LogP contribution in [0.5, 0.6) is 5.75 Å². The molecule has 1 rings (SSSR count). The van der Waals surface area contributed by atoms with E-state index in [1.54, 1.807) is 0 Å². The van der Waals surface area contributed by atoms with Crippen molar-refractivity contribution < 1.29 is 4.74 Å². The van der Waals surface area contributed by atoms with E-state index in [9.17, 15) is 0 Å². The highest BCUT2D eigenvalue weighted by Gasteiger charge is 2.13. The zero-order valence-corrected chi connectivity index (χ0v) is 13.6. The Hall–Kier alpha value is -1.06. The standard InChI is InChI=1S/C17H30N2O/c1-6-18-17(13-19(5)12-14(3)4)15-8-10-16(11-9-15)20-7-2/h8-11,14,17-18H,6-7,12-13H2,1-5H3. The summed E-state index contributed by atoms with van der Waals surface area (Å²) >= 11 is 0. The van der Waals surface area contributed by atoms with Crippen LogP contribution in [-0.2, 0) is 0 Å². The summed E-state index contributed by atoms with van der Waals surface area (Å²) in [6.07, 6.45) is 0. The summed E-state index contributed by atoms with van der Waals surface area (Å²) in [6.45, 7) is 12.5. The van der Waals surface area contributed by atoms with Gasteiger partial charge in [-0.25, -0.2) is 0 Å². The van der Waals surface area contributed by atoms with Crippen molar-refractivity contribution in [3.05, 3.63) is 29.8 Å². The molecular formula is C17H30N2O. The zero-order valence-electron chi connectivity index (χ0n) is 13.6. The molecule has 0 aliphatic rings. The molecule has 1 unspecified atom stereocenters. The highest BCUT2D eigenvalue weighted by Crippen LogP contribution is 2.19. The summed E-state index contributed by atoms with van der Waals surface area (Å²) in [5, 5.41) is 3.57. The first-order valence-electron chi connectivity index (χ1n) is 7.71. The van der Waals surface area contributed by atoms with Gasteiger partial charge >= 0.3 is 0 Å². The van der Waals surface area contributed by atoms with Gasteiger partial charge in [-0.05, 0) is 44.1 Å². The molecule has 0 heterocycles. The highest BCUT2D eigenvalue weighted by molar-refractivity contribution is 5.29. The Balaban J connectivity index is 2.69. The van der Waals surface area contributed by atoms with E-state index >= 15 is 0 Å². The summed E-state index contributed by atoms with van der Waals surface area (Å²) in [6, 6.07) is 8.83. The van der Waals surface area contributed by atoms with Crippen LogP contribution in [0.4, 0.5) is 0 Å². The van der Waals surface area contributed by atoms with Gasteiger partial charge in [0.1, 0.15) is 5.75 Å². The van der Waals surface area contributed by atoms with Crippen LogP contribution in [-0.4, -0.2) is 38.2 Å². The predicted octanol–water partition coefficient (Wildman–Crippen LogP) is 3.32. The van der Waals surface area contributed by atoms with Crippen LogP contribution in [0, 0.1) is 5.92 Å². The van der Waals surface area contributed by atoms with E-state index in [0.29, 0.717) is 18.6 Å². The van der Waals surface area contributed by atoms with Crippen LogP contribution < -0.4 is 10.1 Å². The van der Waals surface area contributed by atoms with Gasteiger partial charge in [0.25, 0.3) is 0 Å². The van der Waals surface area contributed by atoms with E-state index < -0.39 is 0 Å². The maximum absolute atomic E-state index is 5.50. The largest absolute Gasteiger partial charge is 0.494 e. The minimum absolute atomic E-state index is 0.374. The molecule has 0 aliphatic heterocycles. The molecule has 20 heavy (non-hydrogen) atoms. The molecule has 114 valence electrons. The van der Waals surface area contributed by atoms with Gasteiger partial charge in [0.15, 0.2) is 0 Å². The molecule has 0 fully saturated rings. The maximum atomic E-state index is 5.50. The summed E-state index contributed by atoms with van der Waals surface area (Å²) in [7, 11) is 2.19. The Morgan fingerprint density at radius 1 is 1.10 bits per heavy atom. The van der Waals surface area contributed by atoms with Crippen LogP contribution in [0.1, 0.15) is 39.3 Å². The van der Waals surface area contributed by atoms with E-state index in [-0.39, 0.29) is 0 Å². The van der Waals surface area contributed by atoms with Crippen molar-refractivity contribution in [2.24, 2.45) is 5.92 Å². The number of nitrogens with one attached hydrogen (secondary N) is 1. The molecule has 1 aromatic carbocycles. The topological polar surface area (TPSA) is 24.5 Å². The molecule has 3 heteroatoms. The predicted molar refractivity (Wildman–Crippen MR) is 86.4 cm³/mol. The summed E-state index contributed by atoms with van der Waals surface area (Å²) in [5.74, 6) is 1.64. The molecule has 0 aliphatic carbocycles. The second-order valence-electron chi connectivity index (χ2n) is 5.73. The first kappa shape index (κ1) is 17.0. The van der Waals surface area contributed by atoms with Crippen LogP contribution in [0.3, 0.4) is 0 Å². The number of rotatable bonds is 9. The Morgan fingerprint density at radius 3 is 2.25 bits per heavy atom. The lowest BCUT2D eigenvalue weighted by atomic mass is 10.1. The van der Waals surface area contributed by atoms with Crippen molar-refractivity contribution in [1.82, 2.24) is 10.2 Å². The number of likely N-dealkylation sites (N-methyl/N-ethyl adjacent to an activating group) is 2. The van der Waals surface area contributed by atoms with Crippen molar-refractivity contribution in [1.29, 1.82) is 0 Å². The lowest BCUT2D eigenvalue weighted by molar-refractivity contribution is 0.263. The molecule has 0 aromatic heterocycles. The van der Waals surface area contributed by atoms with Gasteiger partial charge in [0, 0.05) is 19.1 Å². The third kappa shape index (κ3) is 5.93. The van der Waals surface area contributed by atoms with E-state index in [0.717, 1.165) is 25.4 Å². The van der Waals surface area contributed by atoms with Crippen LogP contribution >= 0.6 is 0 Å². The van der Waals surface area contributed by atoms with Crippen LogP contribution in [0.15, 0.2) is 24.3 Å². The van der Waals surface area contributed by atoms with E-state index in [2.05, 4.69) is 62.3 Å². The first-order valence-corrected chi connectivity index (χ1v) is 7.71. The van der Waals surface area contributed by atoms with Gasteiger partial charge in [0.05, 0.1) is 6.61 Å². The first-order chi connectivity index (χ1) is 9.56. The quantitative estimate of drug-likeness (QED) is 0.750. The van der Waals surface area contributed by atoms with Crippen LogP contribution in [0.2, 0.25) is 0 Å². The Bertz CT molecular complexity index is 362. The minimum atomic E-state index is 0.374. The number of hydrogen-bond acceptors (Lipinski definition) is 3. The fourth-order valence-electron chi connectivity index (χ4n) is 2.51. The van der Waals surface area contributed by atoms with Crippen molar-refractivity contribution in [3.8, 4) is 5.75 Å². The van der Waals surface area contributed by atoms with E-state index in [1.807, 2.05) is 6.92 Å². The normalized spacial score (nSPS) is 12.9. The number of nitrogens with zero attached hydrogens (tertiary/aromatic N) is 1. The smallest absolute Gasteiger partial charge is 0.119 e. The molecule has 1 N–H and O–H groups in total. The second kappa shape index (κ2) is 8.98. The molecule has 1 aromatic rings. The van der Waals surface area contributed by atoms with Crippen molar-refractivity contribution in [3.63, 3.8) is 0 Å². The number of hydrogen-bond donors (Lipinski definition) is 1. The third-order valence-electron chi connectivity index (χ3n) is 3.22. The SMILES string of the molecule is CCNC(CN(C)CC(C)C)c1ccc(OCC)cc1. The van der Waals surface area contributed by atoms with E-state index in [1.165, 1.54) is 5.56 Å². The molecule has 0 saturated heterocycles. The van der Waals surface area contributed by atoms with Gasteiger partial charge in [0.2, 0.25) is 0 Å². The molecular weight excluding hydrogens is 248 g/mol. The third-order valence-corrected chi connectivity index (χ3v) is 3.22. The minimum Gasteiger partial charge on any atom is -0.494 e.